The van der Waals surface area contributed by atoms with Crippen LogP contribution in [0.2, 0.25) is 0 Å². The number of carbonyl (C=O) groups is 1. The zero-order chi connectivity index (χ0) is 12.5. The predicted octanol–water partition coefficient (Wildman–Crippen LogP) is 3.12. The molecular weight excluding hydrogens is 358 g/mol. The molecule has 0 saturated carbocycles. The third-order valence-electron chi connectivity index (χ3n) is 2.46. The summed E-state index contributed by atoms with van der Waals surface area (Å²) in [6.45, 7) is 3.58. The molecule has 0 aliphatic heterocycles. The van der Waals surface area contributed by atoms with Gasteiger partial charge in [0.15, 0.2) is 0 Å². The maximum atomic E-state index is 12.1. The summed E-state index contributed by atoms with van der Waals surface area (Å²) >= 11 is 8.07. The summed E-state index contributed by atoms with van der Waals surface area (Å²) in [6.07, 6.45) is 0. The molecule has 0 unspecified atom stereocenters. The van der Waals surface area contributed by atoms with Crippen molar-refractivity contribution in [2.24, 2.45) is 0 Å². The van der Waals surface area contributed by atoms with Crippen molar-refractivity contribution in [3.05, 3.63) is 19.2 Å². The monoisotopic (exact) mass is 369 g/mol. The van der Waals surface area contributed by atoms with Gasteiger partial charge in [0.25, 0.3) is 5.91 Å². The Morgan fingerprint density at radius 2 is 2.12 bits per heavy atom. The van der Waals surface area contributed by atoms with Crippen LogP contribution in [0.5, 0.6) is 0 Å². The Morgan fingerprint density at radius 1 is 1.56 bits per heavy atom. The van der Waals surface area contributed by atoms with Crippen LogP contribution in [0.1, 0.15) is 23.5 Å². The van der Waals surface area contributed by atoms with Gasteiger partial charge < -0.3 is 10.0 Å². The van der Waals surface area contributed by atoms with Crippen LogP contribution in [0.4, 0.5) is 0 Å². The Labute approximate surface area is 116 Å². The minimum absolute atomic E-state index is 0.0665. The number of hydrogen-bond acceptors (Lipinski definition) is 3. The highest BCUT2D eigenvalue weighted by molar-refractivity contribution is 9.13. The number of nitrogens with zero attached hydrogens (tertiary/aromatic N) is 1. The van der Waals surface area contributed by atoms with E-state index in [0.717, 1.165) is 8.26 Å². The second-order valence-electron chi connectivity index (χ2n) is 4.07. The van der Waals surface area contributed by atoms with Crippen molar-refractivity contribution in [2.45, 2.75) is 19.4 Å². The molecule has 0 spiro atoms. The quantitative estimate of drug-likeness (QED) is 0.887. The third kappa shape index (κ3) is 2.85. The summed E-state index contributed by atoms with van der Waals surface area (Å²) in [5.74, 6) is -0.0875. The molecule has 0 fully saturated rings. The second kappa shape index (κ2) is 5.16. The molecular formula is C10H13Br2NO2S. The Morgan fingerprint density at radius 3 is 2.50 bits per heavy atom. The predicted molar refractivity (Wildman–Crippen MR) is 73.0 cm³/mol. The fourth-order valence-corrected chi connectivity index (χ4v) is 3.01. The molecule has 1 amide bonds. The highest BCUT2D eigenvalue weighted by Gasteiger charge is 2.28. The Kier molecular flexibility index (Phi) is 4.57. The van der Waals surface area contributed by atoms with Crippen LogP contribution >= 0.6 is 43.2 Å². The Bertz CT molecular complexity index is 384. The molecule has 1 aromatic heterocycles. The standard InChI is InChI=1S/C10H13Br2NO2S/c1-10(2,5-14)13(3)9(15)7-4-6(11)8(12)16-7/h4,14H,5H2,1-3H3. The maximum Gasteiger partial charge on any atom is 0.264 e. The van der Waals surface area contributed by atoms with E-state index < -0.39 is 5.54 Å². The number of carbonyl (C=O) groups excluding carboxylic acids is 1. The second-order valence-corrected chi connectivity index (χ2v) is 7.29. The van der Waals surface area contributed by atoms with Crippen LogP contribution in [-0.4, -0.2) is 35.1 Å². The largest absolute Gasteiger partial charge is 0.394 e. The van der Waals surface area contributed by atoms with Crippen molar-refractivity contribution in [3.63, 3.8) is 0 Å². The van der Waals surface area contributed by atoms with Crippen LogP contribution in [0.15, 0.2) is 14.3 Å². The van der Waals surface area contributed by atoms with Crippen molar-refractivity contribution in [1.82, 2.24) is 4.90 Å². The zero-order valence-electron chi connectivity index (χ0n) is 9.25. The smallest absolute Gasteiger partial charge is 0.264 e. The van der Waals surface area contributed by atoms with Crippen LogP contribution in [0.25, 0.3) is 0 Å². The lowest BCUT2D eigenvalue weighted by Crippen LogP contribution is -2.47. The summed E-state index contributed by atoms with van der Waals surface area (Å²) in [5.41, 5.74) is -0.556. The summed E-state index contributed by atoms with van der Waals surface area (Å²) in [7, 11) is 1.69. The average Bonchev–Trinajstić information content (AvgIpc) is 2.57. The number of hydrogen-bond donors (Lipinski definition) is 1. The average molecular weight is 371 g/mol. The van der Waals surface area contributed by atoms with E-state index in [9.17, 15) is 9.90 Å². The first-order valence-electron chi connectivity index (χ1n) is 4.63. The molecule has 0 saturated heterocycles. The van der Waals surface area contributed by atoms with Crippen molar-refractivity contribution in [2.75, 3.05) is 13.7 Å². The first-order chi connectivity index (χ1) is 7.29. The zero-order valence-corrected chi connectivity index (χ0v) is 13.2. The van der Waals surface area contributed by atoms with E-state index in [2.05, 4.69) is 31.9 Å². The van der Waals surface area contributed by atoms with E-state index in [1.807, 2.05) is 13.8 Å². The van der Waals surface area contributed by atoms with Crippen molar-refractivity contribution < 1.29 is 9.90 Å². The highest BCUT2D eigenvalue weighted by atomic mass is 79.9. The van der Waals surface area contributed by atoms with Crippen molar-refractivity contribution >= 4 is 49.1 Å². The lowest BCUT2D eigenvalue weighted by Gasteiger charge is -2.33. The van der Waals surface area contributed by atoms with E-state index in [1.165, 1.54) is 11.3 Å². The molecule has 0 radical (unpaired) electrons. The van der Waals surface area contributed by atoms with Crippen molar-refractivity contribution in [3.8, 4) is 0 Å². The van der Waals surface area contributed by atoms with Crippen LogP contribution in [0, 0.1) is 0 Å². The lowest BCUT2D eigenvalue weighted by atomic mass is 10.1. The van der Waals surface area contributed by atoms with Gasteiger partial charge in [0.2, 0.25) is 0 Å². The number of aliphatic hydroxyl groups excluding tert-OH is 1. The van der Waals surface area contributed by atoms with Crippen LogP contribution in [-0.2, 0) is 0 Å². The lowest BCUT2D eigenvalue weighted by molar-refractivity contribution is 0.0478. The molecule has 1 rings (SSSR count). The molecule has 1 heterocycles. The number of thiophene rings is 1. The van der Waals surface area contributed by atoms with E-state index >= 15 is 0 Å². The first-order valence-corrected chi connectivity index (χ1v) is 7.03. The molecule has 0 atom stereocenters. The van der Waals surface area contributed by atoms with Crippen LogP contribution < -0.4 is 0 Å². The third-order valence-corrected chi connectivity index (χ3v) is 5.70. The van der Waals surface area contributed by atoms with Gasteiger partial charge in [-0.2, -0.15) is 0 Å². The molecule has 6 heteroatoms. The SMILES string of the molecule is CN(C(=O)c1cc(Br)c(Br)s1)C(C)(C)CO. The number of rotatable bonds is 3. The molecule has 90 valence electrons. The Balaban J connectivity index is 2.94. The van der Waals surface area contributed by atoms with Gasteiger partial charge in [0.1, 0.15) is 0 Å². The fraction of sp³-hybridized carbons (Fsp3) is 0.500. The molecule has 16 heavy (non-hydrogen) atoms. The maximum absolute atomic E-state index is 12.1. The van der Waals surface area contributed by atoms with Gasteiger partial charge in [-0.15, -0.1) is 11.3 Å². The van der Waals surface area contributed by atoms with Gasteiger partial charge in [-0.05, 0) is 51.8 Å². The fourth-order valence-electron chi connectivity index (χ4n) is 0.998. The molecule has 0 aliphatic rings. The van der Waals surface area contributed by atoms with Gasteiger partial charge in [0, 0.05) is 11.5 Å². The number of halogens is 2. The Hall–Kier alpha value is 0.0900. The number of likely N-dealkylation sites (N-methyl/N-ethyl adjacent to an activating group) is 1. The summed E-state index contributed by atoms with van der Waals surface area (Å²) in [4.78, 5) is 14.3. The number of amides is 1. The number of aliphatic hydroxyl groups is 1. The first kappa shape index (κ1) is 14.2. The molecule has 0 aromatic carbocycles. The minimum atomic E-state index is -0.556. The molecule has 1 N–H and O–H groups in total. The molecule has 0 aliphatic carbocycles. The summed E-state index contributed by atoms with van der Waals surface area (Å²) in [6, 6.07) is 1.78. The van der Waals surface area contributed by atoms with Gasteiger partial charge in [-0.25, -0.2) is 0 Å². The normalized spacial score (nSPS) is 11.6. The molecule has 0 bridgehead atoms. The van der Waals surface area contributed by atoms with Gasteiger partial charge >= 0.3 is 0 Å². The topological polar surface area (TPSA) is 40.5 Å². The van der Waals surface area contributed by atoms with Gasteiger partial charge in [-0.1, -0.05) is 0 Å². The molecule has 3 nitrogen and oxygen atoms in total. The van der Waals surface area contributed by atoms with Gasteiger partial charge in [0.05, 0.1) is 20.8 Å². The van der Waals surface area contributed by atoms with Crippen molar-refractivity contribution in [1.29, 1.82) is 0 Å². The van der Waals surface area contributed by atoms with E-state index in [1.54, 1.807) is 18.0 Å². The summed E-state index contributed by atoms with van der Waals surface area (Å²) < 4.78 is 1.77. The van der Waals surface area contributed by atoms with E-state index in [-0.39, 0.29) is 12.5 Å². The van der Waals surface area contributed by atoms with Crippen LogP contribution in [0.3, 0.4) is 0 Å². The highest BCUT2D eigenvalue weighted by Crippen LogP contribution is 2.33. The van der Waals surface area contributed by atoms with E-state index in [4.69, 9.17) is 0 Å². The minimum Gasteiger partial charge on any atom is -0.394 e. The van der Waals surface area contributed by atoms with Gasteiger partial charge in [-0.3, -0.25) is 4.79 Å². The summed E-state index contributed by atoms with van der Waals surface area (Å²) in [5, 5.41) is 9.21. The van der Waals surface area contributed by atoms with E-state index in [0.29, 0.717) is 4.88 Å². The molecule has 1 aromatic rings.